The van der Waals surface area contributed by atoms with Crippen LogP contribution >= 0.6 is 0 Å². The molecule has 4 N–H and O–H groups in total. The third-order valence-corrected chi connectivity index (χ3v) is 2.79. The van der Waals surface area contributed by atoms with E-state index in [1.807, 2.05) is 6.92 Å². The Morgan fingerprint density at radius 2 is 2.31 bits per heavy atom. The van der Waals surface area contributed by atoms with Gasteiger partial charge < -0.3 is 16.2 Å². The van der Waals surface area contributed by atoms with E-state index in [-0.39, 0.29) is 6.10 Å². The predicted molar refractivity (Wildman–Crippen MR) is 61.4 cm³/mol. The van der Waals surface area contributed by atoms with Gasteiger partial charge in [-0.2, -0.15) is 0 Å². The molecular weight excluding hydrogens is 204 g/mol. The van der Waals surface area contributed by atoms with E-state index in [4.69, 9.17) is 16.2 Å². The summed E-state index contributed by atoms with van der Waals surface area (Å²) in [5.41, 5.74) is 12.1. The number of anilines is 1. The maximum absolute atomic E-state index is 5.80. The summed E-state index contributed by atoms with van der Waals surface area (Å²) in [4.78, 5) is 8.58. The number of aromatic nitrogens is 2. The van der Waals surface area contributed by atoms with Crippen molar-refractivity contribution >= 4 is 5.82 Å². The zero-order valence-corrected chi connectivity index (χ0v) is 9.52. The van der Waals surface area contributed by atoms with Crippen LogP contribution in [0.4, 0.5) is 5.82 Å². The van der Waals surface area contributed by atoms with Crippen LogP contribution in [0.5, 0.6) is 0 Å². The van der Waals surface area contributed by atoms with Crippen LogP contribution in [0.2, 0.25) is 0 Å². The van der Waals surface area contributed by atoms with Gasteiger partial charge in [-0.05, 0) is 25.7 Å². The van der Waals surface area contributed by atoms with Gasteiger partial charge in [-0.1, -0.05) is 0 Å². The van der Waals surface area contributed by atoms with Gasteiger partial charge in [-0.25, -0.2) is 9.97 Å². The maximum Gasteiger partial charge on any atom is 0.159 e. The molecular formula is C11H18N4O. The summed E-state index contributed by atoms with van der Waals surface area (Å²) in [5, 5.41) is 0. The van der Waals surface area contributed by atoms with Crippen molar-refractivity contribution in [3.05, 3.63) is 17.6 Å². The lowest BCUT2D eigenvalue weighted by Gasteiger charge is -2.15. The molecule has 0 aromatic carbocycles. The molecule has 88 valence electrons. The standard InChI is InChI=1S/C11H18N4O/c1-2-16-9(7-3-4-7)11-14-6-8(5-12)10(13)15-11/h6-7,9H,2-5,12H2,1H3,(H2,13,14,15). The molecule has 1 fully saturated rings. The summed E-state index contributed by atoms with van der Waals surface area (Å²) < 4.78 is 5.67. The molecule has 1 heterocycles. The lowest BCUT2D eigenvalue weighted by Crippen LogP contribution is -2.14. The van der Waals surface area contributed by atoms with Crippen molar-refractivity contribution in [1.29, 1.82) is 0 Å². The molecule has 0 radical (unpaired) electrons. The minimum absolute atomic E-state index is 0.000811. The Balaban J connectivity index is 2.20. The van der Waals surface area contributed by atoms with Crippen LogP contribution in [0.25, 0.3) is 0 Å². The Hall–Kier alpha value is -1.20. The van der Waals surface area contributed by atoms with Crippen molar-refractivity contribution in [2.24, 2.45) is 11.7 Å². The Labute approximate surface area is 95.2 Å². The van der Waals surface area contributed by atoms with Crippen LogP contribution in [0.1, 0.15) is 37.3 Å². The van der Waals surface area contributed by atoms with Gasteiger partial charge in [0.1, 0.15) is 11.9 Å². The largest absolute Gasteiger partial charge is 0.383 e. The summed E-state index contributed by atoms with van der Waals surface area (Å²) in [6, 6.07) is 0. The summed E-state index contributed by atoms with van der Waals surface area (Å²) in [5.74, 6) is 1.72. The zero-order valence-electron chi connectivity index (χ0n) is 9.52. The number of nitrogens with two attached hydrogens (primary N) is 2. The quantitative estimate of drug-likeness (QED) is 0.776. The van der Waals surface area contributed by atoms with Crippen molar-refractivity contribution < 1.29 is 4.74 Å². The lowest BCUT2D eigenvalue weighted by atomic mass is 10.2. The first kappa shape index (κ1) is 11.3. The number of nitrogens with zero attached hydrogens (tertiary/aromatic N) is 2. The van der Waals surface area contributed by atoms with E-state index in [0.29, 0.717) is 30.7 Å². The van der Waals surface area contributed by atoms with Crippen LogP contribution in [-0.4, -0.2) is 16.6 Å². The highest BCUT2D eigenvalue weighted by molar-refractivity contribution is 5.37. The maximum atomic E-state index is 5.80. The van der Waals surface area contributed by atoms with Crippen molar-refractivity contribution in [3.8, 4) is 0 Å². The first-order valence-electron chi connectivity index (χ1n) is 5.69. The van der Waals surface area contributed by atoms with Gasteiger partial charge in [0, 0.05) is 24.9 Å². The highest BCUT2D eigenvalue weighted by atomic mass is 16.5. The van der Waals surface area contributed by atoms with Crippen molar-refractivity contribution in [2.75, 3.05) is 12.3 Å². The minimum Gasteiger partial charge on any atom is -0.383 e. The Kier molecular flexibility index (Phi) is 3.36. The Morgan fingerprint density at radius 3 is 2.81 bits per heavy atom. The molecule has 16 heavy (non-hydrogen) atoms. The average molecular weight is 222 g/mol. The molecule has 0 saturated heterocycles. The third-order valence-electron chi connectivity index (χ3n) is 2.79. The molecule has 0 aliphatic heterocycles. The summed E-state index contributed by atoms with van der Waals surface area (Å²) in [6.45, 7) is 3.02. The molecule has 2 rings (SSSR count). The normalized spacial score (nSPS) is 17.4. The van der Waals surface area contributed by atoms with Gasteiger partial charge in [0.2, 0.25) is 0 Å². The minimum atomic E-state index is -0.000811. The highest BCUT2D eigenvalue weighted by Crippen LogP contribution is 2.42. The van der Waals surface area contributed by atoms with Gasteiger partial charge in [-0.15, -0.1) is 0 Å². The number of hydrogen-bond donors (Lipinski definition) is 2. The zero-order chi connectivity index (χ0) is 11.5. The van der Waals surface area contributed by atoms with Gasteiger partial charge in [-0.3, -0.25) is 0 Å². The van der Waals surface area contributed by atoms with Crippen molar-refractivity contribution in [1.82, 2.24) is 9.97 Å². The SMILES string of the molecule is CCOC(c1ncc(CN)c(N)n1)C1CC1. The first-order chi connectivity index (χ1) is 7.76. The number of nitrogen functional groups attached to an aromatic ring is 1. The van der Waals surface area contributed by atoms with E-state index >= 15 is 0 Å². The molecule has 1 unspecified atom stereocenters. The summed E-state index contributed by atoms with van der Waals surface area (Å²) >= 11 is 0. The summed E-state index contributed by atoms with van der Waals surface area (Å²) in [6.07, 6.45) is 4.07. The molecule has 1 aromatic rings. The van der Waals surface area contributed by atoms with Crippen molar-refractivity contribution in [3.63, 3.8) is 0 Å². The average Bonchev–Trinajstić information content (AvgIpc) is 3.09. The van der Waals surface area contributed by atoms with Crippen LogP contribution < -0.4 is 11.5 Å². The van der Waals surface area contributed by atoms with Crippen LogP contribution in [-0.2, 0) is 11.3 Å². The Bertz CT molecular complexity index is 365. The fourth-order valence-electron chi connectivity index (χ4n) is 1.73. The van der Waals surface area contributed by atoms with E-state index in [1.54, 1.807) is 6.20 Å². The second kappa shape index (κ2) is 4.76. The molecule has 0 amide bonds. The molecule has 1 aromatic heterocycles. The molecule has 1 atom stereocenters. The van der Waals surface area contributed by atoms with E-state index in [9.17, 15) is 0 Å². The van der Waals surface area contributed by atoms with E-state index < -0.39 is 0 Å². The number of hydrogen-bond acceptors (Lipinski definition) is 5. The fraction of sp³-hybridized carbons (Fsp3) is 0.636. The first-order valence-corrected chi connectivity index (χ1v) is 5.69. The van der Waals surface area contributed by atoms with Crippen molar-refractivity contribution in [2.45, 2.75) is 32.4 Å². The lowest BCUT2D eigenvalue weighted by molar-refractivity contribution is 0.0401. The highest BCUT2D eigenvalue weighted by Gasteiger charge is 2.34. The summed E-state index contributed by atoms with van der Waals surface area (Å²) in [7, 11) is 0. The molecule has 5 heteroatoms. The molecule has 1 aliphatic carbocycles. The number of rotatable bonds is 5. The monoisotopic (exact) mass is 222 g/mol. The van der Waals surface area contributed by atoms with Gasteiger partial charge >= 0.3 is 0 Å². The topological polar surface area (TPSA) is 87.0 Å². The predicted octanol–water partition coefficient (Wildman–Crippen LogP) is 1.01. The van der Waals surface area contributed by atoms with Gasteiger partial charge in [0.05, 0.1) is 0 Å². The smallest absolute Gasteiger partial charge is 0.159 e. The second-order valence-corrected chi connectivity index (χ2v) is 4.06. The number of ether oxygens (including phenoxy) is 1. The molecule has 5 nitrogen and oxygen atoms in total. The molecule has 0 bridgehead atoms. The Morgan fingerprint density at radius 1 is 1.56 bits per heavy atom. The third kappa shape index (κ3) is 2.31. The van der Waals surface area contributed by atoms with E-state index in [2.05, 4.69) is 9.97 Å². The second-order valence-electron chi connectivity index (χ2n) is 4.06. The van der Waals surface area contributed by atoms with Crippen LogP contribution in [0, 0.1) is 5.92 Å². The van der Waals surface area contributed by atoms with Gasteiger partial charge in [0.25, 0.3) is 0 Å². The van der Waals surface area contributed by atoms with Gasteiger partial charge in [0.15, 0.2) is 5.82 Å². The molecule has 1 aliphatic rings. The van der Waals surface area contributed by atoms with E-state index in [1.165, 1.54) is 12.8 Å². The molecule has 1 saturated carbocycles. The molecule has 0 spiro atoms. The van der Waals surface area contributed by atoms with E-state index in [0.717, 1.165) is 5.56 Å². The van der Waals surface area contributed by atoms with Crippen LogP contribution in [0.15, 0.2) is 6.20 Å². The fourth-order valence-corrected chi connectivity index (χ4v) is 1.73. The van der Waals surface area contributed by atoms with Crippen LogP contribution in [0.3, 0.4) is 0 Å².